The van der Waals surface area contributed by atoms with Gasteiger partial charge in [0, 0.05) is 5.56 Å². The lowest BCUT2D eigenvalue weighted by molar-refractivity contribution is 0.866. The lowest BCUT2D eigenvalue weighted by Crippen LogP contribution is -1.88. The highest BCUT2D eigenvalue weighted by atomic mass is 14.3. The first-order valence-corrected chi connectivity index (χ1v) is 7.89. The monoisotopic (exact) mass is 297 g/mol. The van der Waals surface area contributed by atoms with Crippen molar-refractivity contribution < 1.29 is 0 Å². The molecule has 0 saturated heterocycles. The Balaban J connectivity index is 2.06. The van der Waals surface area contributed by atoms with E-state index in [1.807, 2.05) is 30.3 Å². The zero-order valence-electron chi connectivity index (χ0n) is 13.5. The molecule has 0 aliphatic rings. The number of hydrogen-bond acceptors (Lipinski definition) is 1. The van der Waals surface area contributed by atoms with Crippen molar-refractivity contribution >= 4 is 22.4 Å². The summed E-state index contributed by atoms with van der Waals surface area (Å²) in [5.74, 6) is 0.515. The number of nitriles is 1. The summed E-state index contributed by atoms with van der Waals surface area (Å²) >= 11 is 0. The topological polar surface area (TPSA) is 23.8 Å². The predicted octanol–water partition coefficient (Wildman–Crippen LogP) is 6.03. The molecule has 1 heteroatoms. The maximum atomic E-state index is 9.62. The highest BCUT2D eigenvalue weighted by Crippen LogP contribution is 2.26. The molecule has 3 aromatic rings. The second kappa shape index (κ2) is 6.50. The van der Waals surface area contributed by atoms with Crippen molar-refractivity contribution in [2.75, 3.05) is 0 Å². The van der Waals surface area contributed by atoms with Crippen molar-refractivity contribution in [3.63, 3.8) is 0 Å². The minimum Gasteiger partial charge on any atom is -0.192 e. The van der Waals surface area contributed by atoms with Crippen molar-refractivity contribution in [3.05, 3.63) is 83.4 Å². The number of hydrogen-bond donors (Lipinski definition) is 0. The fourth-order valence-corrected chi connectivity index (χ4v) is 2.77. The number of allylic oxidation sites excluding steroid dienone is 1. The molecule has 0 radical (unpaired) electrons. The molecule has 3 aromatic carbocycles. The van der Waals surface area contributed by atoms with Crippen LogP contribution in [0.25, 0.3) is 22.4 Å². The van der Waals surface area contributed by atoms with Gasteiger partial charge < -0.3 is 0 Å². The second-order valence-electron chi connectivity index (χ2n) is 6.02. The number of rotatable bonds is 3. The lowest BCUT2D eigenvalue weighted by atomic mass is 9.96. The lowest BCUT2D eigenvalue weighted by Gasteiger charge is -2.07. The van der Waals surface area contributed by atoms with Gasteiger partial charge in [-0.1, -0.05) is 80.6 Å². The molecule has 0 heterocycles. The van der Waals surface area contributed by atoms with E-state index < -0.39 is 0 Å². The molecule has 112 valence electrons. The van der Waals surface area contributed by atoms with Gasteiger partial charge in [-0.25, -0.2) is 0 Å². The maximum Gasteiger partial charge on any atom is 0.0998 e. The highest BCUT2D eigenvalue weighted by Gasteiger charge is 2.06. The van der Waals surface area contributed by atoms with Gasteiger partial charge in [0.1, 0.15) is 0 Å². The van der Waals surface area contributed by atoms with Crippen molar-refractivity contribution in [1.29, 1.82) is 5.26 Å². The van der Waals surface area contributed by atoms with Crippen LogP contribution in [0.1, 0.15) is 36.5 Å². The highest BCUT2D eigenvalue weighted by molar-refractivity contribution is 6.01. The van der Waals surface area contributed by atoms with E-state index in [2.05, 4.69) is 62.4 Å². The van der Waals surface area contributed by atoms with Crippen molar-refractivity contribution in [2.45, 2.75) is 19.8 Å². The summed E-state index contributed by atoms with van der Waals surface area (Å²) in [5, 5.41) is 11.9. The average Bonchev–Trinajstić information content (AvgIpc) is 2.59. The summed E-state index contributed by atoms with van der Waals surface area (Å²) in [4.78, 5) is 0. The summed E-state index contributed by atoms with van der Waals surface area (Å²) in [7, 11) is 0. The Bertz CT molecular complexity index is 888. The Morgan fingerprint density at radius 1 is 0.913 bits per heavy atom. The Morgan fingerprint density at radius 3 is 2.30 bits per heavy atom. The molecule has 0 saturated carbocycles. The van der Waals surface area contributed by atoms with Gasteiger partial charge in [-0.2, -0.15) is 5.26 Å². The summed E-state index contributed by atoms with van der Waals surface area (Å²) in [6.07, 6.45) is 1.96. The molecule has 0 aliphatic heterocycles. The van der Waals surface area contributed by atoms with Gasteiger partial charge in [-0.05, 0) is 33.9 Å². The van der Waals surface area contributed by atoms with Crippen LogP contribution < -0.4 is 0 Å². The zero-order valence-corrected chi connectivity index (χ0v) is 13.5. The van der Waals surface area contributed by atoms with Crippen LogP contribution in [-0.4, -0.2) is 0 Å². The normalized spacial score (nSPS) is 11.7. The number of benzene rings is 3. The molecular formula is C22H19N. The summed E-state index contributed by atoms with van der Waals surface area (Å²) in [5.41, 5.74) is 4.04. The van der Waals surface area contributed by atoms with Crippen LogP contribution in [0.15, 0.2) is 66.7 Å². The minimum atomic E-state index is 0.515. The van der Waals surface area contributed by atoms with Crippen LogP contribution >= 0.6 is 0 Å². The third-order valence-electron chi connectivity index (χ3n) is 4.11. The third-order valence-corrected chi connectivity index (χ3v) is 4.11. The molecular weight excluding hydrogens is 278 g/mol. The Kier molecular flexibility index (Phi) is 4.26. The molecule has 0 unspecified atom stereocenters. The van der Waals surface area contributed by atoms with E-state index in [9.17, 15) is 5.26 Å². The summed E-state index contributed by atoms with van der Waals surface area (Å²) < 4.78 is 0. The fourth-order valence-electron chi connectivity index (χ4n) is 2.77. The number of nitrogens with zero attached hydrogens (tertiary/aromatic N) is 1. The molecule has 0 fully saturated rings. The Hall–Kier alpha value is -2.85. The van der Waals surface area contributed by atoms with Gasteiger partial charge in [0.25, 0.3) is 0 Å². The zero-order chi connectivity index (χ0) is 16.2. The van der Waals surface area contributed by atoms with Crippen molar-refractivity contribution in [2.24, 2.45) is 0 Å². The van der Waals surface area contributed by atoms with E-state index in [0.717, 1.165) is 21.9 Å². The van der Waals surface area contributed by atoms with Gasteiger partial charge in [0.05, 0.1) is 11.6 Å². The number of fused-ring (bicyclic) bond motifs is 1. The largest absolute Gasteiger partial charge is 0.192 e. The predicted molar refractivity (Wildman–Crippen MR) is 98.0 cm³/mol. The van der Waals surface area contributed by atoms with Gasteiger partial charge in [0.2, 0.25) is 0 Å². The molecule has 1 nitrogen and oxygen atoms in total. The first kappa shape index (κ1) is 15.1. The first-order chi connectivity index (χ1) is 11.2. The van der Waals surface area contributed by atoms with E-state index in [1.165, 1.54) is 5.56 Å². The Morgan fingerprint density at radius 2 is 1.61 bits per heavy atom. The molecule has 23 heavy (non-hydrogen) atoms. The molecule has 0 aromatic heterocycles. The molecule has 0 atom stereocenters. The van der Waals surface area contributed by atoms with Gasteiger partial charge >= 0.3 is 0 Å². The van der Waals surface area contributed by atoms with Crippen LogP contribution in [0.4, 0.5) is 0 Å². The molecule has 0 amide bonds. The van der Waals surface area contributed by atoms with E-state index in [4.69, 9.17) is 0 Å². The molecule has 0 bridgehead atoms. The Labute approximate surface area is 137 Å². The van der Waals surface area contributed by atoms with Crippen LogP contribution in [0.5, 0.6) is 0 Å². The van der Waals surface area contributed by atoms with E-state index in [0.29, 0.717) is 11.5 Å². The van der Waals surface area contributed by atoms with E-state index >= 15 is 0 Å². The van der Waals surface area contributed by atoms with Gasteiger partial charge in [0.15, 0.2) is 0 Å². The minimum absolute atomic E-state index is 0.515. The quantitative estimate of drug-likeness (QED) is 0.428. The average molecular weight is 297 g/mol. The van der Waals surface area contributed by atoms with E-state index in [1.54, 1.807) is 0 Å². The van der Waals surface area contributed by atoms with Crippen molar-refractivity contribution in [1.82, 2.24) is 0 Å². The molecule has 0 N–H and O–H groups in total. The standard InChI is InChI=1S/C22H19N/c1-16(2)18-12-10-17(11-13-18)14-20(15-23)22-9-5-7-19-6-3-4-8-21(19)22/h3-14,16H,1-2H3/b20-14+. The smallest absolute Gasteiger partial charge is 0.0998 e. The second-order valence-corrected chi connectivity index (χ2v) is 6.02. The van der Waals surface area contributed by atoms with Gasteiger partial charge in [-0.3, -0.25) is 0 Å². The molecule has 0 spiro atoms. The van der Waals surface area contributed by atoms with Crippen molar-refractivity contribution in [3.8, 4) is 6.07 Å². The first-order valence-electron chi connectivity index (χ1n) is 7.89. The van der Waals surface area contributed by atoms with Gasteiger partial charge in [-0.15, -0.1) is 0 Å². The SMILES string of the molecule is CC(C)c1ccc(/C=C(\C#N)c2cccc3ccccc23)cc1. The summed E-state index contributed by atoms with van der Waals surface area (Å²) in [6.45, 7) is 4.36. The fraction of sp³-hybridized carbons (Fsp3) is 0.136. The maximum absolute atomic E-state index is 9.62. The molecule has 3 rings (SSSR count). The summed E-state index contributed by atoms with van der Waals surface area (Å²) in [6, 6.07) is 25.1. The van der Waals surface area contributed by atoms with Crippen LogP contribution in [-0.2, 0) is 0 Å². The van der Waals surface area contributed by atoms with Crippen LogP contribution in [0, 0.1) is 11.3 Å². The van der Waals surface area contributed by atoms with E-state index in [-0.39, 0.29) is 0 Å². The third kappa shape index (κ3) is 3.17. The molecule has 0 aliphatic carbocycles. The van der Waals surface area contributed by atoms with Crippen LogP contribution in [0.3, 0.4) is 0 Å². The van der Waals surface area contributed by atoms with Crippen LogP contribution in [0.2, 0.25) is 0 Å².